The predicted octanol–water partition coefficient (Wildman–Crippen LogP) is 2.98. The minimum absolute atomic E-state index is 0.127. The van der Waals surface area contributed by atoms with Gasteiger partial charge in [-0.3, -0.25) is 4.99 Å². The summed E-state index contributed by atoms with van der Waals surface area (Å²) in [6.07, 6.45) is 0.254. The van der Waals surface area contributed by atoms with Gasteiger partial charge in [0.2, 0.25) is 0 Å². The van der Waals surface area contributed by atoms with Crippen molar-refractivity contribution in [2.45, 2.75) is 25.4 Å². The Balaban J connectivity index is 2.01. The van der Waals surface area contributed by atoms with E-state index >= 15 is 0 Å². The van der Waals surface area contributed by atoms with Gasteiger partial charge in [-0.25, -0.2) is 0 Å². The molecule has 0 aliphatic rings. The van der Waals surface area contributed by atoms with Crippen molar-refractivity contribution in [2.75, 3.05) is 19.0 Å². The number of hydrogen-bond acceptors (Lipinski definition) is 3. The van der Waals surface area contributed by atoms with E-state index in [-0.39, 0.29) is 12.0 Å². The predicted molar refractivity (Wildman–Crippen MR) is 98.6 cm³/mol. The number of anilines is 1. The lowest BCUT2D eigenvalue weighted by molar-refractivity contribution is 0.175. The highest BCUT2D eigenvalue weighted by molar-refractivity contribution is 5.92. The quantitative estimate of drug-likeness (QED) is 0.539. The molecule has 24 heavy (non-hydrogen) atoms. The van der Waals surface area contributed by atoms with E-state index in [1.807, 2.05) is 42.5 Å². The maximum absolute atomic E-state index is 9.73. The molecule has 2 rings (SSSR count). The van der Waals surface area contributed by atoms with Gasteiger partial charge in [-0.1, -0.05) is 30.3 Å². The lowest BCUT2D eigenvalue weighted by atomic mass is 9.93. The van der Waals surface area contributed by atoms with Crippen LogP contribution in [0, 0.1) is 0 Å². The molecule has 0 heterocycles. The van der Waals surface area contributed by atoms with Gasteiger partial charge in [0.25, 0.3) is 0 Å². The molecular weight excluding hydrogens is 302 g/mol. The Labute approximate surface area is 143 Å². The maximum Gasteiger partial charge on any atom is 0.193 e. The van der Waals surface area contributed by atoms with E-state index in [1.54, 1.807) is 14.0 Å². The second-order valence-electron chi connectivity index (χ2n) is 5.77. The zero-order chi connectivity index (χ0) is 17.4. The van der Waals surface area contributed by atoms with Crippen LogP contribution in [0.25, 0.3) is 0 Å². The molecule has 4 N–H and O–H groups in total. The van der Waals surface area contributed by atoms with Crippen molar-refractivity contribution in [2.24, 2.45) is 10.7 Å². The Kier molecular flexibility index (Phi) is 6.63. The third kappa shape index (κ3) is 5.59. The van der Waals surface area contributed by atoms with Crippen molar-refractivity contribution in [3.63, 3.8) is 0 Å². The minimum Gasteiger partial charge on any atom is -0.497 e. The molecule has 5 heteroatoms. The number of rotatable bonds is 7. The fourth-order valence-corrected chi connectivity index (χ4v) is 2.52. The van der Waals surface area contributed by atoms with Crippen LogP contribution in [0.3, 0.4) is 0 Å². The first-order valence-electron chi connectivity index (χ1n) is 8.02. The van der Waals surface area contributed by atoms with Crippen LogP contribution >= 0.6 is 0 Å². The molecule has 0 saturated heterocycles. The number of aliphatic hydroxyl groups excluding tert-OH is 1. The molecule has 0 aliphatic heterocycles. The number of ether oxygens (including phenoxy) is 1. The summed E-state index contributed by atoms with van der Waals surface area (Å²) in [5.41, 5.74) is 7.98. The van der Waals surface area contributed by atoms with Crippen molar-refractivity contribution in [1.82, 2.24) is 0 Å². The Morgan fingerprint density at radius 1 is 1.17 bits per heavy atom. The Morgan fingerprint density at radius 2 is 1.83 bits per heavy atom. The van der Waals surface area contributed by atoms with Crippen molar-refractivity contribution in [3.05, 3.63) is 60.2 Å². The zero-order valence-corrected chi connectivity index (χ0v) is 14.1. The van der Waals surface area contributed by atoms with Crippen LogP contribution in [-0.4, -0.2) is 30.8 Å². The maximum atomic E-state index is 9.73. The van der Waals surface area contributed by atoms with E-state index in [4.69, 9.17) is 10.5 Å². The highest BCUT2D eigenvalue weighted by atomic mass is 16.5. The number of methoxy groups -OCH3 is 1. The van der Waals surface area contributed by atoms with E-state index in [0.717, 1.165) is 17.0 Å². The molecule has 0 saturated carbocycles. The molecule has 0 aromatic heterocycles. The number of hydrogen-bond donors (Lipinski definition) is 3. The lowest BCUT2D eigenvalue weighted by Crippen LogP contribution is -2.24. The molecule has 2 unspecified atom stereocenters. The third-order valence-corrected chi connectivity index (χ3v) is 3.74. The van der Waals surface area contributed by atoms with Gasteiger partial charge in [0.1, 0.15) is 5.75 Å². The molecule has 2 atom stereocenters. The fourth-order valence-electron chi connectivity index (χ4n) is 2.52. The second-order valence-corrected chi connectivity index (χ2v) is 5.77. The molecular formula is C19H25N3O2. The van der Waals surface area contributed by atoms with Crippen LogP contribution in [0.15, 0.2) is 59.6 Å². The molecule has 0 bridgehead atoms. The van der Waals surface area contributed by atoms with Gasteiger partial charge in [0.05, 0.1) is 13.2 Å². The number of nitrogens with one attached hydrogen (secondary N) is 1. The normalized spacial score (nSPS) is 14.0. The standard InChI is InChI=1S/C19H25N3O2/c1-14(23)12-16(15-6-4-3-5-7-15)13-21-19(20)22-17-8-10-18(24-2)11-9-17/h3-11,14,16,23H,12-13H2,1-2H3,(H3,20,21,22). The minimum atomic E-state index is -0.388. The summed E-state index contributed by atoms with van der Waals surface area (Å²) in [6.45, 7) is 2.31. The van der Waals surface area contributed by atoms with E-state index in [0.29, 0.717) is 18.9 Å². The average Bonchev–Trinajstić information content (AvgIpc) is 2.59. The van der Waals surface area contributed by atoms with Gasteiger partial charge in [0.15, 0.2) is 5.96 Å². The van der Waals surface area contributed by atoms with E-state index in [9.17, 15) is 5.11 Å². The topological polar surface area (TPSA) is 79.9 Å². The zero-order valence-electron chi connectivity index (χ0n) is 14.1. The summed E-state index contributed by atoms with van der Waals surface area (Å²) >= 11 is 0. The molecule has 0 radical (unpaired) electrons. The molecule has 0 fully saturated rings. The van der Waals surface area contributed by atoms with E-state index in [1.165, 1.54) is 0 Å². The average molecular weight is 327 g/mol. The largest absolute Gasteiger partial charge is 0.497 e. The number of guanidine groups is 1. The first kappa shape index (κ1) is 17.8. The Hall–Kier alpha value is -2.53. The fraction of sp³-hybridized carbons (Fsp3) is 0.316. The van der Waals surface area contributed by atoms with Crippen LogP contribution in [0.1, 0.15) is 24.8 Å². The molecule has 2 aromatic rings. The number of benzene rings is 2. The summed E-state index contributed by atoms with van der Waals surface area (Å²) in [6, 6.07) is 17.5. The Bertz CT molecular complexity index is 639. The monoisotopic (exact) mass is 327 g/mol. The highest BCUT2D eigenvalue weighted by Crippen LogP contribution is 2.22. The van der Waals surface area contributed by atoms with Crippen molar-refractivity contribution in [3.8, 4) is 5.75 Å². The van der Waals surface area contributed by atoms with Crippen molar-refractivity contribution in [1.29, 1.82) is 0 Å². The van der Waals surface area contributed by atoms with E-state index < -0.39 is 0 Å². The van der Waals surface area contributed by atoms with Crippen LogP contribution < -0.4 is 15.8 Å². The number of aliphatic hydroxyl groups is 1. The number of nitrogens with two attached hydrogens (primary N) is 1. The third-order valence-electron chi connectivity index (χ3n) is 3.74. The second kappa shape index (κ2) is 8.93. The molecule has 128 valence electrons. The van der Waals surface area contributed by atoms with Crippen LogP contribution in [0.4, 0.5) is 5.69 Å². The summed E-state index contributed by atoms with van der Waals surface area (Å²) in [4.78, 5) is 4.43. The first-order chi connectivity index (χ1) is 11.6. The van der Waals surface area contributed by atoms with Crippen LogP contribution in [0.5, 0.6) is 5.75 Å². The van der Waals surface area contributed by atoms with Gasteiger partial charge < -0.3 is 20.9 Å². The van der Waals surface area contributed by atoms with Gasteiger partial charge in [-0.2, -0.15) is 0 Å². The Morgan fingerprint density at radius 3 is 2.42 bits per heavy atom. The van der Waals surface area contributed by atoms with Gasteiger partial charge in [-0.15, -0.1) is 0 Å². The van der Waals surface area contributed by atoms with Gasteiger partial charge in [-0.05, 0) is 43.2 Å². The number of aliphatic imine (C=N–C) groups is 1. The van der Waals surface area contributed by atoms with Crippen LogP contribution in [0.2, 0.25) is 0 Å². The van der Waals surface area contributed by atoms with Crippen molar-refractivity contribution >= 4 is 11.6 Å². The van der Waals surface area contributed by atoms with Crippen LogP contribution in [-0.2, 0) is 0 Å². The highest BCUT2D eigenvalue weighted by Gasteiger charge is 2.13. The van der Waals surface area contributed by atoms with Gasteiger partial charge in [0, 0.05) is 18.2 Å². The van der Waals surface area contributed by atoms with Crippen molar-refractivity contribution < 1.29 is 9.84 Å². The molecule has 0 spiro atoms. The smallest absolute Gasteiger partial charge is 0.193 e. The summed E-state index contributed by atoms with van der Waals surface area (Å²) in [5.74, 6) is 1.27. The molecule has 0 aliphatic carbocycles. The molecule has 0 amide bonds. The molecule has 5 nitrogen and oxygen atoms in total. The lowest BCUT2D eigenvalue weighted by Gasteiger charge is -2.17. The van der Waals surface area contributed by atoms with E-state index in [2.05, 4.69) is 22.4 Å². The SMILES string of the molecule is COc1ccc(NC(N)=NCC(CC(C)O)c2ccccc2)cc1. The summed E-state index contributed by atoms with van der Waals surface area (Å²) in [5, 5.41) is 12.8. The first-order valence-corrected chi connectivity index (χ1v) is 8.02. The summed E-state index contributed by atoms with van der Waals surface area (Å²) < 4.78 is 5.13. The number of nitrogens with zero attached hydrogens (tertiary/aromatic N) is 1. The molecule has 2 aromatic carbocycles. The van der Waals surface area contributed by atoms with Gasteiger partial charge >= 0.3 is 0 Å². The summed E-state index contributed by atoms with van der Waals surface area (Å²) in [7, 11) is 1.63.